The van der Waals surface area contributed by atoms with Crippen LogP contribution in [0.2, 0.25) is 0 Å². The maximum absolute atomic E-state index is 5.74. The number of rotatable bonds is 2. The van der Waals surface area contributed by atoms with E-state index >= 15 is 0 Å². The van der Waals surface area contributed by atoms with Crippen molar-refractivity contribution >= 4 is 107 Å². The molecule has 0 aliphatic rings. The number of halogens is 6. The van der Waals surface area contributed by atoms with Crippen LogP contribution in [-0.4, -0.2) is 0 Å². The molecule has 2 aromatic rings. The molecular formula is C12H6Br6N2. The van der Waals surface area contributed by atoms with E-state index in [9.17, 15) is 0 Å². The fraction of sp³-hybridized carbons (Fsp3) is 0. The summed E-state index contributed by atoms with van der Waals surface area (Å²) < 4.78 is 5.38. The molecule has 0 radical (unpaired) electrons. The molecule has 0 aliphatic carbocycles. The summed E-state index contributed by atoms with van der Waals surface area (Å²) in [4.78, 5) is 0. The van der Waals surface area contributed by atoms with Crippen LogP contribution < -0.4 is 8.69 Å². The molecule has 106 valence electrons. The molecule has 0 fully saturated rings. The summed E-state index contributed by atoms with van der Waals surface area (Å²) in [6.45, 7) is 0. The third kappa shape index (κ3) is 3.30. The first-order chi connectivity index (χ1) is 9.34. The second-order valence-electron chi connectivity index (χ2n) is 3.83. The van der Waals surface area contributed by atoms with Gasteiger partial charge in [-0.25, -0.2) is 2.95 Å². The minimum atomic E-state index is 0.739. The quantitative estimate of drug-likeness (QED) is 0.207. The predicted molar refractivity (Wildman–Crippen MR) is 107 cm³/mol. The van der Waals surface area contributed by atoms with Gasteiger partial charge in [0.25, 0.3) is 0 Å². The lowest BCUT2D eigenvalue weighted by atomic mass is 10.1. The first-order valence-corrected chi connectivity index (χ1v) is 9.77. The van der Waals surface area contributed by atoms with Crippen molar-refractivity contribution in [3.63, 3.8) is 0 Å². The number of nitrogens with two attached hydrogens (primary N) is 1. The van der Waals surface area contributed by atoms with Crippen LogP contribution in [0.15, 0.2) is 42.2 Å². The third-order valence-electron chi connectivity index (χ3n) is 2.61. The SMILES string of the molecule is Nc1ccc(-c2c(Br)c(Br)c(N(Br)Br)c(Br)c2Br)cc1. The van der Waals surface area contributed by atoms with Gasteiger partial charge in [0.05, 0.1) is 46.9 Å². The summed E-state index contributed by atoms with van der Waals surface area (Å²) in [6, 6.07) is 7.73. The van der Waals surface area contributed by atoms with Gasteiger partial charge < -0.3 is 5.73 Å². The Balaban J connectivity index is 2.75. The Labute approximate surface area is 167 Å². The van der Waals surface area contributed by atoms with Crippen molar-refractivity contribution in [2.75, 3.05) is 8.69 Å². The summed E-state index contributed by atoms with van der Waals surface area (Å²) >= 11 is 21.2. The second kappa shape index (κ2) is 7.00. The Morgan fingerprint density at radius 2 is 1.20 bits per heavy atom. The molecule has 2 nitrogen and oxygen atoms in total. The molecule has 0 unspecified atom stereocenters. The summed E-state index contributed by atoms with van der Waals surface area (Å²) in [6.07, 6.45) is 0. The summed E-state index contributed by atoms with van der Waals surface area (Å²) in [5.74, 6) is 0. The lowest BCUT2D eigenvalue weighted by molar-refractivity contribution is 1.46. The Morgan fingerprint density at radius 1 is 0.750 bits per heavy atom. The van der Waals surface area contributed by atoms with E-state index in [1.165, 1.54) is 0 Å². The van der Waals surface area contributed by atoms with Gasteiger partial charge in [-0.15, -0.1) is 0 Å². The van der Waals surface area contributed by atoms with Crippen molar-refractivity contribution in [2.24, 2.45) is 0 Å². The molecular weight excluding hydrogens is 652 g/mol. The van der Waals surface area contributed by atoms with E-state index in [2.05, 4.69) is 96.0 Å². The molecule has 2 aromatic carbocycles. The van der Waals surface area contributed by atoms with Crippen LogP contribution in [0.1, 0.15) is 0 Å². The van der Waals surface area contributed by atoms with Gasteiger partial charge in [-0.2, -0.15) is 0 Å². The highest BCUT2D eigenvalue weighted by Crippen LogP contribution is 2.51. The molecule has 8 heteroatoms. The van der Waals surface area contributed by atoms with Crippen LogP contribution in [0.5, 0.6) is 0 Å². The molecule has 2 N–H and O–H groups in total. The number of hydrogen-bond donors (Lipinski definition) is 1. The molecule has 0 atom stereocenters. The third-order valence-corrected chi connectivity index (χ3v) is 7.51. The molecule has 0 amide bonds. The molecule has 0 bridgehead atoms. The van der Waals surface area contributed by atoms with E-state index < -0.39 is 0 Å². The van der Waals surface area contributed by atoms with Crippen LogP contribution in [-0.2, 0) is 0 Å². The van der Waals surface area contributed by atoms with Crippen LogP contribution >= 0.6 is 96.0 Å². The predicted octanol–water partition coefficient (Wildman–Crippen LogP) is 7.41. The standard InChI is InChI=1S/C12H6Br6N2/c13-8-7(5-1-3-6(19)4-2-5)9(14)11(16)12(10(8)15)20(17)18/h1-4H,19H2. The van der Waals surface area contributed by atoms with Crippen molar-refractivity contribution in [1.82, 2.24) is 0 Å². The van der Waals surface area contributed by atoms with Gasteiger partial charge in [-0.1, -0.05) is 12.1 Å². The maximum atomic E-state index is 5.74. The Hall–Kier alpha value is 0.920. The van der Waals surface area contributed by atoms with E-state index in [1.807, 2.05) is 24.3 Å². The van der Waals surface area contributed by atoms with E-state index in [-0.39, 0.29) is 0 Å². The fourth-order valence-corrected chi connectivity index (χ4v) is 6.24. The lowest BCUT2D eigenvalue weighted by Crippen LogP contribution is -1.97. The maximum Gasteiger partial charge on any atom is 0.0902 e. The van der Waals surface area contributed by atoms with Crippen molar-refractivity contribution in [2.45, 2.75) is 0 Å². The molecule has 0 aromatic heterocycles. The number of nitrogen functional groups attached to an aromatic ring is 1. The largest absolute Gasteiger partial charge is 0.399 e. The first kappa shape index (κ1) is 17.3. The minimum Gasteiger partial charge on any atom is -0.399 e. The van der Waals surface area contributed by atoms with Crippen LogP contribution in [0.4, 0.5) is 11.4 Å². The van der Waals surface area contributed by atoms with E-state index in [4.69, 9.17) is 5.73 Å². The molecule has 0 heterocycles. The van der Waals surface area contributed by atoms with E-state index in [0.717, 1.165) is 40.4 Å². The van der Waals surface area contributed by atoms with Gasteiger partial charge in [0.15, 0.2) is 0 Å². The Kier molecular flexibility index (Phi) is 6.05. The monoisotopic (exact) mass is 652 g/mol. The second-order valence-corrected chi connectivity index (χ2v) is 9.38. The smallest absolute Gasteiger partial charge is 0.0902 e. The van der Waals surface area contributed by atoms with Crippen LogP contribution in [0, 0.1) is 0 Å². The zero-order valence-corrected chi connectivity index (χ0v) is 19.1. The van der Waals surface area contributed by atoms with Gasteiger partial charge in [0.1, 0.15) is 0 Å². The van der Waals surface area contributed by atoms with Crippen LogP contribution in [0.25, 0.3) is 11.1 Å². The number of nitrogens with zero attached hydrogens (tertiary/aromatic N) is 1. The van der Waals surface area contributed by atoms with Crippen LogP contribution in [0.3, 0.4) is 0 Å². The van der Waals surface area contributed by atoms with Crippen molar-refractivity contribution in [1.29, 1.82) is 0 Å². The van der Waals surface area contributed by atoms with Crippen molar-refractivity contribution < 1.29 is 0 Å². The molecule has 2 rings (SSSR count). The Morgan fingerprint density at radius 3 is 1.60 bits per heavy atom. The molecule has 0 spiro atoms. The van der Waals surface area contributed by atoms with Gasteiger partial charge >= 0.3 is 0 Å². The highest BCUT2D eigenvalue weighted by atomic mass is 79.9. The van der Waals surface area contributed by atoms with Gasteiger partial charge in [0.2, 0.25) is 0 Å². The van der Waals surface area contributed by atoms with Crippen molar-refractivity contribution in [3.05, 3.63) is 42.2 Å². The zero-order valence-electron chi connectivity index (χ0n) is 9.60. The molecule has 0 aliphatic heterocycles. The van der Waals surface area contributed by atoms with Gasteiger partial charge in [-0.3, -0.25) is 0 Å². The van der Waals surface area contributed by atoms with E-state index in [1.54, 1.807) is 2.95 Å². The summed E-state index contributed by atoms with van der Waals surface area (Å²) in [5.41, 5.74) is 9.48. The zero-order chi connectivity index (χ0) is 15.0. The number of anilines is 2. The Bertz CT molecular complexity index is 625. The average Bonchev–Trinajstić information content (AvgIpc) is 2.39. The molecule has 0 saturated carbocycles. The topological polar surface area (TPSA) is 29.3 Å². The normalized spacial score (nSPS) is 10.7. The first-order valence-electron chi connectivity index (χ1n) is 5.18. The fourth-order valence-electron chi connectivity index (χ4n) is 1.67. The molecule has 0 saturated heterocycles. The number of hydrogen-bond acceptors (Lipinski definition) is 2. The number of benzene rings is 2. The highest BCUT2D eigenvalue weighted by molar-refractivity contribution is 9.25. The van der Waals surface area contributed by atoms with Crippen molar-refractivity contribution in [3.8, 4) is 11.1 Å². The molecule has 20 heavy (non-hydrogen) atoms. The average molecular weight is 658 g/mol. The highest BCUT2D eigenvalue weighted by Gasteiger charge is 2.22. The van der Waals surface area contributed by atoms with Gasteiger partial charge in [-0.05, 0) is 81.4 Å². The lowest BCUT2D eigenvalue weighted by Gasteiger charge is -2.19. The van der Waals surface area contributed by atoms with Gasteiger partial charge in [0, 0.05) is 20.2 Å². The minimum absolute atomic E-state index is 0.739. The van der Waals surface area contributed by atoms with E-state index in [0.29, 0.717) is 0 Å². The summed E-state index contributed by atoms with van der Waals surface area (Å²) in [7, 11) is 0. The summed E-state index contributed by atoms with van der Waals surface area (Å²) in [5, 5.41) is 0.